The zero-order chi connectivity index (χ0) is 29.7. The maximum Gasteiger partial charge on any atom is 0.226 e. The first-order chi connectivity index (χ1) is 19.2. The summed E-state index contributed by atoms with van der Waals surface area (Å²) in [4.78, 5) is 20.6. The van der Waals surface area contributed by atoms with E-state index in [0.29, 0.717) is 19.4 Å². The minimum absolute atomic E-state index is 0.0897. The van der Waals surface area contributed by atoms with E-state index in [1.54, 1.807) is 30.2 Å². The number of carbonyl (C=O) groups excluding carboxylic acids is 1. The fourth-order valence-corrected chi connectivity index (χ4v) is 3.91. The monoisotopic (exact) mass is 550 g/mol. The number of nitrogens with zero attached hydrogens (tertiary/aromatic N) is 5. The topological polar surface area (TPSA) is 113 Å². The van der Waals surface area contributed by atoms with Crippen LogP contribution in [0.3, 0.4) is 0 Å². The number of amides is 1. The second-order valence-electron chi connectivity index (χ2n) is 9.52. The molecular weight excluding hydrogens is 507 g/mol. The van der Waals surface area contributed by atoms with Gasteiger partial charge in [-0.1, -0.05) is 40.7 Å². The maximum atomic E-state index is 12.9. The summed E-state index contributed by atoms with van der Waals surface area (Å²) in [5.41, 5.74) is 3.62. The molecule has 1 saturated carbocycles. The summed E-state index contributed by atoms with van der Waals surface area (Å²) < 4.78 is 14.6. The zero-order valence-corrected chi connectivity index (χ0v) is 24.9. The standard InChI is InChI=1S/C16H19FN4O.C10H12N4.2C2H6/c1-11-7-20-21(10-11)14-4-3-12(8-18-14)9-19-15(22)16(2)5-13(17)6-16;1-7-3-4-11-9(5-7)12-10-6-8(2)13-14-10;2*1-2/h3-4,7-8,10,13H,5-6,9H2,1-2H3,(H,19,22);3-6H,1-2H3,(H2,11,12,13,14);2*1-2H3. The normalized spacial score (nSPS) is 17.0. The van der Waals surface area contributed by atoms with E-state index in [0.717, 1.165) is 34.3 Å². The molecular formula is C30H43FN8O. The van der Waals surface area contributed by atoms with Crippen LogP contribution in [0, 0.1) is 26.2 Å². The number of alkyl halides is 1. The summed E-state index contributed by atoms with van der Waals surface area (Å²) in [6.07, 6.45) is 6.95. The Hall–Kier alpha value is -4.08. The van der Waals surface area contributed by atoms with Crippen molar-refractivity contribution < 1.29 is 9.18 Å². The molecule has 0 unspecified atom stereocenters. The smallest absolute Gasteiger partial charge is 0.226 e. The Kier molecular flexibility index (Phi) is 12.4. The molecule has 10 heteroatoms. The molecule has 0 saturated heterocycles. The molecule has 5 rings (SSSR count). The maximum absolute atomic E-state index is 12.9. The molecule has 0 aromatic carbocycles. The van der Waals surface area contributed by atoms with Crippen molar-refractivity contribution >= 4 is 17.5 Å². The van der Waals surface area contributed by atoms with E-state index in [1.165, 1.54) is 5.56 Å². The molecule has 9 nitrogen and oxygen atoms in total. The molecule has 1 amide bonds. The molecule has 1 aliphatic carbocycles. The molecule has 1 fully saturated rings. The van der Waals surface area contributed by atoms with Crippen LogP contribution in [0.25, 0.3) is 5.82 Å². The third-order valence-corrected chi connectivity index (χ3v) is 5.98. The molecule has 40 heavy (non-hydrogen) atoms. The fraction of sp³-hybridized carbons (Fsp3) is 0.433. The van der Waals surface area contributed by atoms with Crippen LogP contribution in [0.5, 0.6) is 0 Å². The van der Waals surface area contributed by atoms with E-state index in [1.807, 2.05) is 85.0 Å². The van der Waals surface area contributed by atoms with Gasteiger partial charge in [0.25, 0.3) is 0 Å². The number of anilines is 2. The lowest BCUT2D eigenvalue weighted by Crippen LogP contribution is -2.48. The van der Waals surface area contributed by atoms with E-state index in [9.17, 15) is 9.18 Å². The number of halogens is 1. The number of hydrogen-bond donors (Lipinski definition) is 3. The lowest BCUT2D eigenvalue weighted by Gasteiger charge is -2.39. The number of carbonyl (C=O) groups is 1. The van der Waals surface area contributed by atoms with Gasteiger partial charge in [0.15, 0.2) is 11.6 Å². The van der Waals surface area contributed by atoms with Crippen molar-refractivity contribution in [3.05, 3.63) is 77.5 Å². The minimum atomic E-state index is -0.839. The van der Waals surface area contributed by atoms with Crippen LogP contribution in [-0.2, 0) is 11.3 Å². The van der Waals surface area contributed by atoms with Gasteiger partial charge in [-0.15, -0.1) is 0 Å². The molecule has 0 radical (unpaired) electrons. The molecule has 0 atom stereocenters. The van der Waals surface area contributed by atoms with Crippen molar-refractivity contribution in [1.82, 2.24) is 35.3 Å². The third kappa shape index (κ3) is 9.29. The Bertz CT molecular complexity index is 1310. The van der Waals surface area contributed by atoms with Crippen LogP contribution >= 0.6 is 0 Å². The summed E-state index contributed by atoms with van der Waals surface area (Å²) in [5, 5.41) is 17.1. The highest BCUT2D eigenvalue weighted by molar-refractivity contribution is 5.83. The largest absolute Gasteiger partial charge is 0.351 e. The molecule has 216 valence electrons. The van der Waals surface area contributed by atoms with Crippen LogP contribution in [0.15, 0.2) is 55.1 Å². The van der Waals surface area contributed by atoms with Gasteiger partial charge in [-0.2, -0.15) is 10.2 Å². The van der Waals surface area contributed by atoms with E-state index in [-0.39, 0.29) is 5.91 Å². The van der Waals surface area contributed by atoms with Gasteiger partial charge in [0.1, 0.15) is 12.0 Å². The first-order valence-corrected chi connectivity index (χ1v) is 13.8. The molecule has 4 aromatic heterocycles. The summed E-state index contributed by atoms with van der Waals surface area (Å²) in [5.74, 6) is 2.25. The lowest BCUT2D eigenvalue weighted by atomic mass is 9.68. The van der Waals surface area contributed by atoms with Gasteiger partial charge in [0.05, 0.1) is 11.6 Å². The molecule has 1 aliphatic rings. The quantitative estimate of drug-likeness (QED) is 0.251. The number of aromatic amines is 1. The molecule has 4 heterocycles. The highest BCUT2D eigenvalue weighted by atomic mass is 19.1. The number of nitrogens with one attached hydrogen (secondary N) is 3. The Morgan fingerprint density at radius 3 is 2.27 bits per heavy atom. The summed E-state index contributed by atoms with van der Waals surface area (Å²) in [6, 6.07) is 9.63. The number of aromatic nitrogens is 6. The fourth-order valence-electron chi connectivity index (χ4n) is 3.91. The van der Waals surface area contributed by atoms with Crippen molar-refractivity contribution in [2.45, 2.75) is 80.9 Å². The number of rotatable bonds is 6. The van der Waals surface area contributed by atoms with Crippen LogP contribution in [0.1, 0.15) is 69.8 Å². The average molecular weight is 551 g/mol. The molecule has 0 spiro atoms. The van der Waals surface area contributed by atoms with E-state index >= 15 is 0 Å². The number of hydrogen-bond acceptors (Lipinski definition) is 6. The minimum Gasteiger partial charge on any atom is -0.351 e. The van der Waals surface area contributed by atoms with E-state index in [2.05, 4.69) is 35.9 Å². The SMILES string of the molecule is CC.CC.Cc1ccnc(Nc2cc(C)[nH]n2)c1.Cc1cnn(-c2ccc(CNC(=O)C3(C)CC(F)C3)cn2)c1. The Morgan fingerprint density at radius 2 is 1.75 bits per heavy atom. The molecule has 3 N–H and O–H groups in total. The second-order valence-corrected chi connectivity index (χ2v) is 9.52. The predicted molar refractivity (Wildman–Crippen MR) is 158 cm³/mol. The second kappa shape index (κ2) is 15.5. The van der Waals surface area contributed by atoms with E-state index in [4.69, 9.17) is 0 Å². The number of aryl methyl sites for hydroxylation is 3. The first kappa shape index (κ1) is 32.1. The van der Waals surface area contributed by atoms with Crippen molar-refractivity contribution in [3.63, 3.8) is 0 Å². The van der Waals surface area contributed by atoms with Crippen molar-refractivity contribution in [2.75, 3.05) is 5.32 Å². The van der Waals surface area contributed by atoms with Gasteiger partial charge in [-0.05, 0) is 68.5 Å². The predicted octanol–water partition coefficient (Wildman–Crippen LogP) is 6.55. The summed E-state index contributed by atoms with van der Waals surface area (Å²) in [6.45, 7) is 16.2. The van der Waals surface area contributed by atoms with Crippen molar-refractivity contribution in [2.24, 2.45) is 5.41 Å². The Morgan fingerprint density at radius 1 is 1.02 bits per heavy atom. The van der Waals surface area contributed by atoms with Crippen molar-refractivity contribution in [1.29, 1.82) is 0 Å². The van der Waals surface area contributed by atoms with Gasteiger partial charge < -0.3 is 10.6 Å². The third-order valence-electron chi connectivity index (χ3n) is 5.98. The number of pyridine rings is 2. The van der Waals surface area contributed by atoms with Gasteiger partial charge in [0.2, 0.25) is 5.91 Å². The zero-order valence-electron chi connectivity index (χ0n) is 24.9. The van der Waals surface area contributed by atoms with Crippen LogP contribution in [0.2, 0.25) is 0 Å². The van der Waals surface area contributed by atoms with Crippen molar-refractivity contribution in [3.8, 4) is 5.82 Å². The van der Waals surface area contributed by atoms with Crippen LogP contribution in [-0.4, -0.2) is 42.0 Å². The van der Waals surface area contributed by atoms with Gasteiger partial charge >= 0.3 is 0 Å². The van der Waals surface area contributed by atoms with Crippen LogP contribution < -0.4 is 10.6 Å². The van der Waals surface area contributed by atoms with Gasteiger partial charge in [0, 0.05) is 36.9 Å². The lowest BCUT2D eigenvalue weighted by molar-refractivity contribution is -0.138. The van der Waals surface area contributed by atoms with Crippen LogP contribution in [0.4, 0.5) is 16.0 Å². The summed E-state index contributed by atoms with van der Waals surface area (Å²) >= 11 is 0. The Balaban J connectivity index is 0.000000268. The molecule has 4 aromatic rings. The molecule has 0 bridgehead atoms. The Labute approximate surface area is 237 Å². The van der Waals surface area contributed by atoms with E-state index < -0.39 is 11.6 Å². The molecule has 0 aliphatic heterocycles. The van der Waals surface area contributed by atoms with Gasteiger partial charge in [-0.3, -0.25) is 9.89 Å². The van der Waals surface area contributed by atoms with Gasteiger partial charge in [-0.25, -0.2) is 19.0 Å². The highest BCUT2D eigenvalue weighted by Crippen LogP contribution is 2.42. The first-order valence-electron chi connectivity index (χ1n) is 13.8. The highest BCUT2D eigenvalue weighted by Gasteiger charge is 2.46. The average Bonchev–Trinajstić information content (AvgIpc) is 3.57. The summed E-state index contributed by atoms with van der Waals surface area (Å²) in [7, 11) is 0. The number of H-pyrrole nitrogens is 1.